The molecule has 1 aromatic carbocycles. The number of nitrogens with zero attached hydrogens (tertiary/aromatic N) is 5. The number of aryl methyl sites for hydroxylation is 2. The van der Waals surface area contributed by atoms with Crippen LogP contribution in [0.1, 0.15) is 30.0 Å². The number of carbonyl (C=O) groups excluding carboxylic acids is 1. The van der Waals surface area contributed by atoms with Gasteiger partial charge in [0.2, 0.25) is 11.9 Å². The molecule has 0 saturated heterocycles. The SMILES string of the molecule is Cc1cnc(Nc2nc(CCCN(C)C)nc(Sc3ccc(NC(=O)C4CC4)cc3)n2)s1. The Kier molecular flexibility index (Phi) is 7.33. The maximum Gasteiger partial charge on any atom is 0.233 e. The zero-order valence-electron chi connectivity index (χ0n) is 18.5. The molecule has 2 heterocycles. The third-order valence-corrected chi connectivity index (χ3v) is 6.49. The maximum absolute atomic E-state index is 11.9. The summed E-state index contributed by atoms with van der Waals surface area (Å²) in [4.78, 5) is 34.4. The third-order valence-electron chi connectivity index (χ3n) is 4.79. The van der Waals surface area contributed by atoms with Crippen LogP contribution in [0.2, 0.25) is 0 Å². The van der Waals surface area contributed by atoms with Crippen molar-refractivity contribution in [1.82, 2.24) is 24.8 Å². The lowest BCUT2D eigenvalue weighted by molar-refractivity contribution is -0.117. The molecule has 1 fully saturated rings. The zero-order chi connectivity index (χ0) is 22.5. The average Bonchev–Trinajstić information content (AvgIpc) is 3.52. The van der Waals surface area contributed by atoms with E-state index < -0.39 is 0 Å². The van der Waals surface area contributed by atoms with Gasteiger partial charge in [0.25, 0.3) is 0 Å². The van der Waals surface area contributed by atoms with Crippen LogP contribution < -0.4 is 10.6 Å². The first-order valence-corrected chi connectivity index (χ1v) is 12.3. The molecule has 0 aliphatic heterocycles. The van der Waals surface area contributed by atoms with Crippen molar-refractivity contribution in [2.24, 2.45) is 5.92 Å². The van der Waals surface area contributed by atoms with Crippen LogP contribution >= 0.6 is 23.1 Å². The lowest BCUT2D eigenvalue weighted by Gasteiger charge is -2.10. The van der Waals surface area contributed by atoms with Gasteiger partial charge in [-0.1, -0.05) is 0 Å². The second-order valence-corrected chi connectivity index (χ2v) is 10.3. The number of thiazole rings is 1. The number of aromatic nitrogens is 4. The molecular weight excluding hydrogens is 442 g/mol. The van der Waals surface area contributed by atoms with Crippen LogP contribution in [-0.2, 0) is 11.2 Å². The summed E-state index contributed by atoms with van der Waals surface area (Å²) in [5.41, 5.74) is 0.813. The Balaban J connectivity index is 1.47. The monoisotopic (exact) mass is 469 g/mol. The van der Waals surface area contributed by atoms with Crippen LogP contribution in [0.3, 0.4) is 0 Å². The minimum Gasteiger partial charge on any atom is -0.326 e. The normalized spacial score (nSPS) is 13.4. The summed E-state index contributed by atoms with van der Waals surface area (Å²) in [6.07, 6.45) is 5.55. The molecular formula is C22H27N7OS2. The van der Waals surface area contributed by atoms with E-state index in [1.54, 1.807) is 11.3 Å². The van der Waals surface area contributed by atoms with Gasteiger partial charge < -0.3 is 10.2 Å². The Morgan fingerprint density at radius 3 is 2.62 bits per heavy atom. The van der Waals surface area contributed by atoms with Gasteiger partial charge in [-0.05, 0) is 82.9 Å². The zero-order valence-corrected chi connectivity index (χ0v) is 20.1. The number of carbonyl (C=O) groups is 1. The van der Waals surface area contributed by atoms with E-state index in [9.17, 15) is 4.79 Å². The number of benzene rings is 1. The summed E-state index contributed by atoms with van der Waals surface area (Å²) in [6.45, 7) is 2.98. The standard InChI is InChI=1S/C22H27N7OS2/c1-14-13-23-21(31-14)27-20-25-18(5-4-12-29(2)3)26-22(28-20)32-17-10-8-16(9-11-17)24-19(30)15-6-7-15/h8-11,13,15H,4-7,12H2,1-3H3,(H,24,30)(H,23,25,26,27,28). The highest BCUT2D eigenvalue weighted by Gasteiger charge is 2.29. The minimum atomic E-state index is 0.110. The molecule has 8 nitrogen and oxygen atoms in total. The van der Waals surface area contributed by atoms with Crippen LogP contribution in [0.25, 0.3) is 0 Å². The first-order valence-electron chi connectivity index (χ1n) is 10.6. The van der Waals surface area contributed by atoms with Gasteiger partial charge in [-0.3, -0.25) is 10.1 Å². The number of hydrogen-bond donors (Lipinski definition) is 2. The van der Waals surface area contributed by atoms with Crippen LogP contribution in [0, 0.1) is 12.8 Å². The molecule has 0 radical (unpaired) electrons. The summed E-state index contributed by atoms with van der Waals surface area (Å²) in [7, 11) is 4.12. The molecule has 1 aliphatic rings. The molecule has 32 heavy (non-hydrogen) atoms. The molecule has 0 unspecified atom stereocenters. The quantitative estimate of drug-likeness (QED) is 0.452. The molecule has 0 bridgehead atoms. The highest BCUT2D eigenvalue weighted by molar-refractivity contribution is 7.99. The molecule has 4 rings (SSSR count). The van der Waals surface area contributed by atoms with Gasteiger partial charge in [0.1, 0.15) is 5.82 Å². The Labute approximate surface area is 196 Å². The van der Waals surface area contributed by atoms with Gasteiger partial charge in [0, 0.05) is 34.0 Å². The summed E-state index contributed by atoms with van der Waals surface area (Å²) < 4.78 is 0. The van der Waals surface area contributed by atoms with Crippen molar-refractivity contribution < 1.29 is 4.79 Å². The first-order chi connectivity index (χ1) is 15.4. The van der Waals surface area contributed by atoms with Crippen LogP contribution in [0.4, 0.5) is 16.8 Å². The Bertz CT molecular complexity index is 1060. The minimum absolute atomic E-state index is 0.110. The van der Waals surface area contributed by atoms with E-state index in [4.69, 9.17) is 0 Å². The van der Waals surface area contributed by atoms with Crippen molar-refractivity contribution in [2.45, 2.75) is 42.7 Å². The van der Waals surface area contributed by atoms with E-state index in [0.717, 1.165) is 58.6 Å². The Morgan fingerprint density at radius 2 is 1.97 bits per heavy atom. The fraction of sp³-hybridized carbons (Fsp3) is 0.409. The second kappa shape index (κ2) is 10.4. The van der Waals surface area contributed by atoms with E-state index >= 15 is 0 Å². The molecule has 0 spiro atoms. The van der Waals surface area contributed by atoms with Crippen molar-refractivity contribution in [2.75, 3.05) is 31.3 Å². The molecule has 10 heteroatoms. The number of amides is 1. The molecule has 2 N–H and O–H groups in total. The van der Waals surface area contributed by atoms with Crippen molar-refractivity contribution in [3.05, 3.63) is 41.2 Å². The van der Waals surface area contributed by atoms with Crippen molar-refractivity contribution in [3.63, 3.8) is 0 Å². The van der Waals surface area contributed by atoms with Gasteiger partial charge in [-0.15, -0.1) is 11.3 Å². The lowest BCUT2D eigenvalue weighted by Crippen LogP contribution is -2.14. The van der Waals surface area contributed by atoms with Crippen LogP contribution in [0.5, 0.6) is 0 Å². The van der Waals surface area contributed by atoms with E-state index in [-0.39, 0.29) is 11.8 Å². The molecule has 2 aromatic heterocycles. The van der Waals surface area contributed by atoms with E-state index in [0.29, 0.717) is 11.1 Å². The van der Waals surface area contributed by atoms with E-state index in [1.807, 2.05) is 37.4 Å². The van der Waals surface area contributed by atoms with Gasteiger partial charge in [0.15, 0.2) is 10.3 Å². The predicted molar refractivity (Wildman–Crippen MR) is 129 cm³/mol. The topological polar surface area (TPSA) is 95.9 Å². The van der Waals surface area contributed by atoms with Gasteiger partial charge >= 0.3 is 0 Å². The summed E-state index contributed by atoms with van der Waals surface area (Å²) >= 11 is 3.04. The predicted octanol–water partition coefficient (Wildman–Crippen LogP) is 4.37. The van der Waals surface area contributed by atoms with Gasteiger partial charge in [0.05, 0.1) is 0 Å². The molecule has 0 atom stereocenters. The lowest BCUT2D eigenvalue weighted by atomic mass is 10.3. The molecule has 1 saturated carbocycles. The number of hydrogen-bond acceptors (Lipinski definition) is 9. The largest absolute Gasteiger partial charge is 0.326 e. The first kappa shape index (κ1) is 22.6. The van der Waals surface area contributed by atoms with Gasteiger partial charge in [-0.25, -0.2) is 9.97 Å². The average molecular weight is 470 g/mol. The Morgan fingerprint density at radius 1 is 1.19 bits per heavy atom. The fourth-order valence-corrected chi connectivity index (χ4v) is 4.40. The van der Waals surface area contributed by atoms with Gasteiger partial charge in [-0.2, -0.15) is 9.97 Å². The van der Waals surface area contributed by atoms with E-state index in [1.165, 1.54) is 11.8 Å². The third kappa shape index (κ3) is 6.72. The number of nitrogens with one attached hydrogen (secondary N) is 2. The molecule has 1 amide bonds. The summed E-state index contributed by atoms with van der Waals surface area (Å²) in [5, 5.41) is 7.57. The summed E-state index contributed by atoms with van der Waals surface area (Å²) in [6, 6.07) is 7.78. The van der Waals surface area contributed by atoms with Crippen LogP contribution in [-0.4, -0.2) is 51.4 Å². The highest BCUT2D eigenvalue weighted by atomic mass is 32.2. The number of anilines is 3. The van der Waals surface area contributed by atoms with E-state index in [2.05, 4.69) is 49.6 Å². The Hall–Kier alpha value is -2.56. The second-order valence-electron chi connectivity index (χ2n) is 8.06. The van der Waals surface area contributed by atoms with Crippen molar-refractivity contribution in [3.8, 4) is 0 Å². The molecule has 168 valence electrons. The molecule has 3 aromatic rings. The van der Waals surface area contributed by atoms with Crippen molar-refractivity contribution in [1.29, 1.82) is 0 Å². The fourth-order valence-electron chi connectivity index (χ4n) is 2.97. The summed E-state index contributed by atoms with van der Waals surface area (Å²) in [5.74, 6) is 1.56. The smallest absolute Gasteiger partial charge is 0.233 e. The number of rotatable bonds is 10. The molecule has 1 aliphatic carbocycles. The highest BCUT2D eigenvalue weighted by Crippen LogP contribution is 2.31. The maximum atomic E-state index is 11.9. The van der Waals surface area contributed by atoms with Crippen molar-refractivity contribution >= 4 is 45.8 Å². The van der Waals surface area contributed by atoms with Crippen LogP contribution in [0.15, 0.2) is 40.5 Å².